The van der Waals surface area contributed by atoms with Gasteiger partial charge in [0.05, 0.1) is 10.6 Å². The quantitative estimate of drug-likeness (QED) is 0.205. The molecule has 0 aliphatic rings. The zero-order chi connectivity index (χ0) is 22.0. The smallest absolute Gasteiger partial charge is 0.270 e. The van der Waals surface area contributed by atoms with E-state index in [0.29, 0.717) is 22.0 Å². The second-order valence-corrected chi connectivity index (χ2v) is 8.51. The van der Waals surface area contributed by atoms with Crippen LogP contribution in [0.4, 0.5) is 10.8 Å². The minimum absolute atomic E-state index is 0.00971. The lowest BCUT2D eigenvalue weighted by Crippen LogP contribution is -2.34. The first-order valence-electron chi connectivity index (χ1n) is 8.92. The number of nitro groups is 1. The second kappa shape index (κ2) is 8.88. The number of anilines is 1. The Labute approximate surface area is 194 Å². The van der Waals surface area contributed by atoms with Gasteiger partial charge in [-0.3, -0.25) is 20.2 Å². The van der Waals surface area contributed by atoms with Crippen LogP contribution in [0, 0.1) is 10.1 Å². The number of fused-ring (bicyclic) bond motifs is 1. The van der Waals surface area contributed by atoms with E-state index < -0.39 is 4.92 Å². The molecule has 0 spiro atoms. The van der Waals surface area contributed by atoms with Crippen LogP contribution in [0.15, 0.2) is 70.5 Å². The van der Waals surface area contributed by atoms with Gasteiger partial charge in [0.2, 0.25) is 0 Å². The van der Waals surface area contributed by atoms with Gasteiger partial charge < -0.3 is 5.32 Å². The Morgan fingerprint density at radius 1 is 1.10 bits per heavy atom. The average molecular weight is 513 g/mol. The van der Waals surface area contributed by atoms with Crippen molar-refractivity contribution < 1.29 is 9.72 Å². The minimum Gasteiger partial charge on any atom is -0.308 e. The van der Waals surface area contributed by atoms with Crippen molar-refractivity contribution >= 4 is 72.1 Å². The number of thiocarbonyl (C=S) groups is 1. The first-order valence-corrected chi connectivity index (χ1v) is 11.0. The van der Waals surface area contributed by atoms with E-state index >= 15 is 0 Å². The summed E-state index contributed by atoms with van der Waals surface area (Å²) >= 11 is 10.0. The van der Waals surface area contributed by atoms with Crippen molar-refractivity contribution in [3.05, 3.63) is 86.2 Å². The Morgan fingerprint density at radius 2 is 1.84 bits per heavy atom. The topological polar surface area (TPSA) is 97.2 Å². The zero-order valence-corrected chi connectivity index (χ0v) is 18.9. The molecule has 0 unspecified atom stereocenters. The molecule has 0 saturated carbocycles. The van der Waals surface area contributed by atoms with Gasteiger partial charge in [0, 0.05) is 33.1 Å². The highest BCUT2D eigenvalue weighted by atomic mass is 79.9. The zero-order valence-electron chi connectivity index (χ0n) is 15.7. The summed E-state index contributed by atoms with van der Waals surface area (Å²) in [6, 6.07) is 17.3. The number of carbonyl (C=O) groups excluding carboxylic acids is 1. The van der Waals surface area contributed by atoms with Crippen molar-refractivity contribution in [3.8, 4) is 11.3 Å². The summed E-state index contributed by atoms with van der Waals surface area (Å²) in [7, 11) is 0. The number of hydrogen-bond acceptors (Lipinski definition) is 6. The number of nitrogens with one attached hydrogen (secondary N) is 2. The number of hydrogen-bond donors (Lipinski definition) is 2. The molecule has 0 fully saturated rings. The lowest BCUT2D eigenvalue weighted by molar-refractivity contribution is -0.384. The van der Waals surface area contributed by atoms with Gasteiger partial charge in [0.1, 0.15) is 0 Å². The molecule has 0 aliphatic carbocycles. The van der Waals surface area contributed by atoms with Crippen molar-refractivity contribution in [3.63, 3.8) is 0 Å². The lowest BCUT2D eigenvalue weighted by atomic mass is 10.0. The van der Waals surface area contributed by atoms with Gasteiger partial charge in [0.25, 0.3) is 11.6 Å². The number of benzene rings is 3. The molecule has 10 heteroatoms. The van der Waals surface area contributed by atoms with Crippen LogP contribution < -0.4 is 10.6 Å². The van der Waals surface area contributed by atoms with Crippen LogP contribution in [0.1, 0.15) is 10.4 Å². The van der Waals surface area contributed by atoms with Crippen LogP contribution in [0.25, 0.3) is 22.0 Å². The van der Waals surface area contributed by atoms with Crippen LogP contribution >= 0.6 is 39.5 Å². The molecule has 2 N–H and O–H groups in total. The Morgan fingerprint density at radius 3 is 2.65 bits per heavy atom. The number of non-ortho nitro benzene ring substituents is 1. The number of aromatic nitrogens is 1. The summed E-state index contributed by atoms with van der Waals surface area (Å²) in [5, 5.41) is 20.6. The van der Waals surface area contributed by atoms with Crippen molar-refractivity contribution in [2.24, 2.45) is 0 Å². The van der Waals surface area contributed by atoms with Crippen LogP contribution in [0.2, 0.25) is 0 Å². The summed E-state index contributed by atoms with van der Waals surface area (Å²) in [4.78, 5) is 27.7. The molecular weight excluding hydrogens is 500 g/mol. The Hall–Kier alpha value is -3.21. The molecule has 0 radical (unpaired) electrons. The maximum Gasteiger partial charge on any atom is 0.270 e. The largest absolute Gasteiger partial charge is 0.308 e. The summed E-state index contributed by atoms with van der Waals surface area (Å²) in [6.45, 7) is 0. The minimum atomic E-state index is -0.453. The molecule has 1 amide bonds. The fourth-order valence-electron chi connectivity index (χ4n) is 3.01. The van der Waals surface area contributed by atoms with E-state index in [2.05, 4.69) is 31.5 Å². The van der Waals surface area contributed by atoms with E-state index in [1.165, 1.54) is 23.5 Å². The molecule has 0 aliphatic heterocycles. The number of halogens is 1. The standard InChI is InChI=1S/C21H13BrN4O3S2/c22-17-9-3-6-14-15(17)7-2-8-16(14)19(27)24-20(30)25-21-23-18(11-31-21)12-4-1-5-13(10-12)26(28)29/h1-11H,(H2,23,24,25,27,30). The van der Waals surface area contributed by atoms with Crippen molar-refractivity contribution in [1.82, 2.24) is 10.3 Å². The summed E-state index contributed by atoms with van der Waals surface area (Å²) in [6.07, 6.45) is 0. The number of rotatable bonds is 4. The Bertz CT molecular complexity index is 1340. The molecule has 0 saturated heterocycles. The monoisotopic (exact) mass is 512 g/mol. The number of thiazole rings is 1. The summed E-state index contributed by atoms with van der Waals surface area (Å²) in [5.41, 5.74) is 1.68. The molecule has 4 aromatic rings. The fraction of sp³-hybridized carbons (Fsp3) is 0. The van der Waals surface area contributed by atoms with Crippen LogP contribution in [0.5, 0.6) is 0 Å². The number of nitro benzene ring substituents is 1. The third-order valence-electron chi connectivity index (χ3n) is 4.42. The SMILES string of the molecule is O=C(NC(=S)Nc1nc(-c2cccc([N+](=O)[O-])c2)cs1)c1cccc2c(Br)cccc12. The normalized spacial score (nSPS) is 10.6. The Balaban J connectivity index is 1.48. The predicted molar refractivity (Wildman–Crippen MR) is 130 cm³/mol. The molecule has 1 heterocycles. The van der Waals surface area contributed by atoms with Gasteiger partial charge in [-0.1, -0.05) is 52.3 Å². The third kappa shape index (κ3) is 4.61. The maximum atomic E-state index is 12.8. The Kier molecular flexibility index (Phi) is 6.03. The second-order valence-electron chi connectivity index (χ2n) is 6.39. The summed E-state index contributed by atoms with van der Waals surface area (Å²) < 4.78 is 0.900. The molecule has 1 aromatic heterocycles. The molecule has 3 aromatic carbocycles. The number of nitrogens with zero attached hydrogens (tertiary/aromatic N) is 2. The van der Waals surface area contributed by atoms with Crippen molar-refractivity contribution in [1.29, 1.82) is 0 Å². The molecular formula is C21H13BrN4O3S2. The fourth-order valence-corrected chi connectivity index (χ4v) is 4.49. The van der Waals surface area contributed by atoms with Gasteiger partial charge >= 0.3 is 0 Å². The average Bonchev–Trinajstić information content (AvgIpc) is 3.22. The summed E-state index contributed by atoms with van der Waals surface area (Å²) in [5.74, 6) is -0.336. The first kappa shape index (κ1) is 21.0. The third-order valence-corrected chi connectivity index (χ3v) is 6.07. The highest BCUT2D eigenvalue weighted by molar-refractivity contribution is 9.10. The highest BCUT2D eigenvalue weighted by Gasteiger charge is 2.14. The van der Waals surface area contributed by atoms with E-state index in [1.807, 2.05) is 30.3 Å². The molecule has 154 valence electrons. The van der Waals surface area contributed by atoms with Gasteiger partial charge in [-0.05, 0) is 35.1 Å². The van der Waals surface area contributed by atoms with Gasteiger partial charge in [0.15, 0.2) is 10.2 Å². The number of amides is 1. The molecule has 4 rings (SSSR count). The maximum absolute atomic E-state index is 12.8. The molecule has 0 atom stereocenters. The van der Waals surface area contributed by atoms with Gasteiger partial charge in [-0.15, -0.1) is 11.3 Å². The predicted octanol–water partition coefficient (Wildman–Crippen LogP) is 5.76. The van der Waals surface area contributed by atoms with Crippen LogP contribution in [0.3, 0.4) is 0 Å². The van der Waals surface area contributed by atoms with Crippen molar-refractivity contribution in [2.45, 2.75) is 0 Å². The van der Waals surface area contributed by atoms with E-state index in [-0.39, 0.29) is 16.7 Å². The molecule has 31 heavy (non-hydrogen) atoms. The lowest BCUT2D eigenvalue weighted by Gasteiger charge is -2.10. The van der Waals surface area contributed by atoms with E-state index in [0.717, 1.165) is 15.2 Å². The van der Waals surface area contributed by atoms with Crippen molar-refractivity contribution in [2.75, 3.05) is 5.32 Å². The van der Waals surface area contributed by atoms with E-state index in [1.54, 1.807) is 23.6 Å². The molecule has 7 nitrogen and oxygen atoms in total. The first-order chi connectivity index (χ1) is 14.9. The molecule has 0 bridgehead atoms. The number of carbonyl (C=O) groups is 1. The van der Waals surface area contributed by atoms with Gasteiger partial charge in [-0.2, -0.15) is 0 Å². The van der Waals surface area contributed by atoms with Crippen LogP contribution in [-0.4, -0.2) is 20.9 Å². The highest BCUT2D eigenvalue weighted by Crippen LogP contribution is 2.28. The van der Waals surface area contributed by atoms with Crippen LogP contribution in [-0.2, 0) is 0 Å². The van der Waals surface area contributed by atoms with E-state index in [4.69, 9.17) is 12.2 Å². The van der Waals surface area contributed by atoms with Gasteiger partial charge in [-0.25, -0.2) is 4.98 Å². The van der Waals surface area contributed by atoms with E-state index in [9.17, 15) is 14.9 Å².